The van der Waals surface area contributed by atoms with Gasteiger partial charge in [-0.15, -0.1) is 0 Å². The summed E-state index contributed by atoms with van der Waals surface area (Å²) in [5.74, 6) is 1.73. The molecular weight excluding hydrogens is 274 g/mol. The van der Waals surface area contributed by atoms with Crippen LogP contribution in [0.3, 0.4) is 0 Å². The van der Waals surface area contributed by atoms with Gasteiger partial charge in [0.15, 0.2) is 0 Å². The standard InChI is InChI=1S/C19H19NO2/c1-15-8-10-17(11-9-15)21-13-4-14-22-18-7-2-5-16-6-3-12-20-19(16)18/h2-3,5-12H,4,13-14H2,1H3. The monoisotopic (exact) mass is 293 g/mol. The molecule has 0 saturated heterocycles. The SMILES string of the molecule is Cc1ccc(OCCCOc2cccc3cccnc23)cc1. The van der Waals surface area contributed by atoms with Crippen LogP contribution in [-0.2, 0) is 0 Å². The van der Waals surface area contributed by atoms with E-state index in [-0.39, 0.29) is 0 Å². The first kappa shape index (κ1) is 14.4. The van der Waals surface area contributed by atoms with Crippen LogP contribution in [0.1, 0.15) is 12.0 Å². The van der Waals surface area contributed by atoms with Gasteiger partial charge in [0.2, 0.25) is 0 Å². The molecule has 3 aromatic rings. The molecule has 1 heterocycles. The normalized spacial score (nSPS) is 10.6. The Balaban J connectivity index is 1.49. The Morgan fingerprint density at radius 3 is 2.50 bits per heavy atom. The third-order valence-electron chi connectivity index (χ3n) is 3.43. The fraction of sp³-hybridized carbons (Fsp3) is 0.211. The molecule has 1 aromatic heterocycles. The Morgan fingerprint density at radius 1 is 0.864 bits per heavy atom. The van der Waals surface area contributed by atoms with E-state index in [1.807, 2.05) is 54.6 Å². The third kappa shape index (κ3) is 3.55. The highest BCUT2D eigenvalue weighted by molar-refractivity contribution is 5.84. The minimum atomic E-state index is 0.613. The van der Waals surface area contributed by atoms with Gasteiger partial charge < -0.3 is 9.47 Å². The number of benzene rings is 2. The first-order chi connectivity index (χ1) is 10.8. The molecule has 3 heteroatoms. The highest BCUT2D eigenvalue weighted by atomic mass is 16.5. The maximum absolute atomic E-state index is 5.83. The van der Waals surface area contributed by atoms with Crippen LogP contribution in [0.15, 0.2) is 60.8 Å². The molecule has 0 unspecified atom stereocenters. The zero-order valence-electron chi connectivity index (χ0n) is 12.7. The lowest BCUT2D eigenvalue weighted by Gasteiger charge is -2.09. The van der Waals surface area contributed by atoms with Gasteiger partial charge >= 0.3 is 0 Å². The maximum atomic E-state index is 5.83. The molecule has 0 atom stereocenters. The zero-order valence-corrected chi connectivity index (χ0v) is 12.7. The second-order valence-electron chi connectivity index (χ2n) is 5.19. The molecule has 0 spiro atoms. The van der Waals surface area contributed by atoms with E-state index in [1.165, 1.54) is 5.56 Å². The van der Waals surface area contributed by atoms with Crippen LogP contribution >= 0.6 is 0 Å². The van der Waals surface area contributed by atoms with Gasteiger partial charge in [-0.1, -0.05) is 35.9 Å². The van der Waals surface area contributed by atoms with E-state index in [4.69, 9.17) is 9.47 Å². The molecule has 0 aliphatic carbocycles. The van der Waals surface area contributed by atoms with Crippen molar-refractivity contribution in [2.24, 2.45) is 0 Å². The van der Waals surface area contributed by atoms with Gasteiger partial charge in [-0.25, -0.2) is 0 Å². The number of rotatable bonds is 6. The van der Waals surface area contributed by atoms with Crippen LogP contribution in [0.2, 0.25) is 0 Å². The summed E-state index contributed by atoms with van der Waals surface area (Å²) in [6.07, 6.45) is 2.62. The number of hydrogen-bond donors (Lipinski definition) is 0. The molecule has 0 amide bonds. The van der Waals surface area contributed by atoms with E-state index in [1.54, 1.807) is 6.20 Å². The first-order valence-electron chi connectivity index (χ1n) is 7.49. The molecule has 0 N–H and O–H groups in total. The second kappa shape index (κ2) is 6.94. The van der Waals surface area contributed by atoms with E-state index in [9.17, 15) is 0 Å². The average Bonchev–Trinajstić information content (AvgIpc) is 2.56. The molecule has 2 aromatic carbocycles. The number of para-hydroxylation sites is 1. The van der Waals surface area contributed by atoms with E-state index in [2.05, 4.69) is 11.9 Å². The Kier molecular flexibility index (Phi) is 4.54. The molecule has 3 rings (SSSR count). The first-order valence-corrected chi connectivity index (χ1v) is 7.49. The Hall–Kier alpha value is -2.55. The van der Waals surface area contributed by atoms with E-state index < -0.39 is 0 Å². The summed E-state index contributed by atoms with van der Waals surface area (Å²) < 4.78 is 11.5. The number of ether oxygens (including phenoxy) is 2. The third-order valence-corrected chi connectivity index (χ3v) is 3.43. The number of aromatic nitrogens is 1. The van der Waals surface area contributed by atoms with Crippen LogP contribution in [0.5, 0.6) is 11.5 Å². The second-order valence-corrected chi connectivity index (χ2v) is 5.19. The smallest absolute Gasteiger partial charge is 0.145 e. The average molecular weight is 293 g/mol. The molecule has 0 saturated carbocycles. The summed E-state index contributed by atoms with van der Waals surface area (Å²) in [5.41, 5.74) is 2.14. The molecule has 112 valence electrons. The summed E-state index contributed by atoms with van der Waals surface area (Å²) >= 11 is 0. The van der Waals surface area contributed by atoms with Gasteiger partial charge in [0, 0.05) is 18.0 Å². The summed E-state index contributed by atoms with van der Waals surface area (Å²) in [6.45, 7) is 3.32. The number of hydrogen-bond acceptors (Lipinski definition) is 3. The molecule has 0 fully saturated rings. The summed E-state index contributed by atoms with van der Waals surface area (Å²) in [5, 5.41) is 1.09. The number of aryl methyl sites for hydroxylation is 1. The van der Waals surface area contributed by atoms with Gasteiger partial charge in [0.05, 0.1) is 13.2 Å². The predicted molar refractivity (Wildman–Crippen MR) is 88.5 cm³/mol. The minimum Gasteiger partial charge on any atom is -0.493 e. The van der Waals surface area contributed by atoms with Crippen LogP contribution in [0, 0.1) is 6.92 Å². The molecule has 22 heavy (non-hydrogen) atoms. The van der Waals surface area contributed by atoms with Gasteiger partial charge in [0.1, 0.15) is 17.0 Å². The molecule has 0 aliphatic rings. The fourth-order valence-electron chi connectivity index (χ4n) is 2.26. The highest BCUT2D eigenvalue weighted by Crippen LogP contribution is 2.23. The molecule has 0 radical (unpaired) electrons. The topological polar surface area (TPSA) is 31.4 Å². The maximum Gasteiger partial charge on any atom is 0.145 e. The van der Waals surface area contributed by atoms with Crippen molar-refractivity contribution in [3.63, 3.8) is 0 Å². The fourth-order valence-corrected chi connectivity index (χ4v) is 2.26. The van der Waals surface area contributed by atoms with Gasteiger partial charge in [0.25, 0.3) is 0 Å². The summed E-state index contributed by atoms with van der Waals surface area (Å²) in [6, 6.07) is 18.0. The Labute approximate surface area is 130 Å². The van der Waals surface area contributed by atoms with Crippen molar-refractivity contribution in [3.05, 3.63) is 66.4 Å². The number of pyridine rings is 1. The van der Waals surface area contributed by atoms with E-state index >= 15 is 0 Å². The molecule has 3 nitrogen and oxygen atoms in total. The van der Waals surface area contributed by atoms with Gasteiger partial charge in [-0.05, 0) is 31.2 Å². The van der Waals surface area contributed by atoms with Crippen LogP contribution in [0.4, 0.5) is 0 Å². The molecule has 0 aliphatic heterocycles. The zero-order chi connectivity index (χ0) is 15.2. The number of fused-ring (bicyclic) bond motifs is 1. The highest BCUT2D eigenvalue weighted by Gasteiger charge is 2.02. The van der Waals surface area contributed by atoms with Crippen LogP contribution in [-0.4, -0.2) is 18.2 Å². The van der Waals surface area contributed by atoms with Gasteiger partial charge in [-0.2, -0.15) is 0 Å². The van der Waals surface area contributed by atoms with Crippen molar-refractivity contribution >= 4 is 10.9 Å². The Bertz CT molecular complexity index is 733. The summed E-state index contributed by atoms with van der Waals surface area (Å²) in [4.78, 5) is 4.38. The van der Waals surface area contributed by atoms with E-state index in [0.717, 1.165) is 28.8 Å². The van der Waals surface area contributed by atoms with Crippen LogP contribution < -0.4 is 9.47 Å². The van der Waals surface area contributed by atoms with Crippen LogP contribution in [0.25, 0.3) is 10.9 Å². The molecular formula is C19H19NO2. The lowest BCUT2D eigenvalue weighted by Crippen LogP contribution is -2.05. The van der Waals surface area contributed by atoms with Crippen molar-refractivity contribution < 1.29 is 9.47 Å². The lowest BCUT2D eigenvalue weighted by molar-refractivity contribution is 0.249. The van der Waals surface area contributed by atoms with Crippen molar-refractivity contribution in [1.82, 2.24) is 4.98 Å². The largest absolute Gasteiger partial charge is 0.493 e. The minimum absolute atomic E-state index is 0.613. The summed E-state index contributed by atoms with van der Waals surface area (Å²) in [7, 11) is 0. The van der Waals surface area contributed by atoms with Gasteiger partial charge in [-0.3, -0.25) is 4.98 Å². The quantitative estimate of drug-likeness (QED) is 0.632. The lowest BCUT2D eigenvalue weighted by atomic mass is 10.2. The van der Waals surface area contributed by atoms with Crippen molar-refractivity contribution in [2.75, 3.05) is 13.2 Å². The Morgan fingerprint density at radius 2 is 1.64 bits per heavy atom. The van der Waals surface area contributed by atoms with Crippen molar-refractivity contribution in [3.8, 4) is 11.5 Å². The van der Waals surface area contributed by atoms with E-state index in [0.29, 0.717) is 13.2 Å². The predicted octanol–water partition coefficient (Wildman–Crippen LogP) is 4.39. The molecule has 0 bridgehead atoms. The van der Waals surface area contributed by atoms with Crippen molar-refractivity contribution in [1.29, 1.82) is 0 Å². The number of nitrogens with zero attached hydrogens (tertiary/aromatic N) is 1. The van der Waals surface area contributed by atoms with Crippen molar-refractivity contribution in [2.45, 2.75) is 13.3 Å².